The SMILES string of the molecule is CCC(Nc1ncnc2[nH]cnc12)c1cc2cccc(F)c2c(=O)n1-c1cccc(Cl)c1. The van der Waals surface area contributed by atoms with Crippen LogP contribution in [0.1, 0.15) is 25.1 Å². The van der Waals surface area contributed by atoms with Crippen molar-refractivity contribution in [3.8, 4) is 5.69 Å². The number of rotatable bonds is 5. The summed E-state index contributed by atoms with van der Waals surface area (Å²) in [5, 5.41) is 4.42. The molecule has 0 aliphatic carbocycles. The van der Waals surface area contributed by atoms with E-state index in [-0.39, 0.29) is 11.4 Å². The van der Waals surface area contributed by atoms with E-state index in [0.717, 1.165) is 0 Å². The number of aromatic nitrogens is 5. The number of H-pyrrole nitrogens is 1. The van der Waals surface area contributed by atoms with Crippen LogP contribution in [0.25, 0.3) is 27.6 Å². The number of hydrogen-bond donors (Lipinski definition) is 2. The Kier molecular flexibility index (Phi) is 5.07. The van der Waals surface area contributed by atoms with Crippen molar-refractivity contribution < 1.29 is 4.39 Å². The third kappa shape index (κ3) is 3.38. The molecular formula is C23H18ClFN6O. The molecule has 0 aliphatic rings. The predicted molar refractivity (Wildman–Crippen MR) is 123 cm³/mol. The maximum atomic E-state index is 14.6. The van der Waals surface area contributed by atoms with Crippen molar-refractivity contribution in [2.75, 3.05) is 5.32 Å². The van der Waals surface area contributed by atoms with Crippen LogP contribution in [0.5, 0.6) is 0 Å². The Hall–Kier alpha value is -3.78. The van der Waals surface area contributed by atoms with Gasteiger partial charge in [0, 0.05) is 10.7 Å². The minimum Gasteiger partial charge on any atom is -0.360 e. The molecule has 7 nitrogen and oxygen atoms in total. The largest absolute Gasteiger partial charge is 0.360 e. The lowest BCUT2D eigenvalue weighted by Crippen LogP contribution is -2.27. The molecule has 5 aromatic rings. The zero-order valence-corrected chi connectivity index (χ0v) is 17.8. The molecular weight excluding hydrogens is 431 g/mol. The van der Waals surface area contributed by atoms with E-state index in [2.05, 4.69) is 25.3 Å². The number of nitrogens with zero attached hydrogens (tertiary/aromatic N) is 4. The van der Waals surface area contributed by atoms with Gasteiger partial charge in [-0.2, -0.15) is 0 Å². The molecule has 160 valence electrons. The number of fused-ring (bicyclic) bond motifs is 2. The first kappa shape index (κ1) is 20.1. The highest BCUT2D eigenvalue weighted by Gasteiger charge is 2.21. The molecule has 3 aromatic heterocycles. The van der Waals surface area contributed by atoms with Gasteiger partial charge in [0.2, 0.25) is 0 Å². The molecule has 3 heterocycles. The van der Waals surface area contributed by atoms with E-state index in [1.54, 1.807) is 42.7 Å². The fourth-order valence-corrected chi connectivity index (χ4v) is 4.08. The molecule has 2 aromatic carbocycles. The van der Waals surface area contributed by atoms with E-state index < -0.39 is 11.4 Å². The quantitative estimate of drug-likeness (QED) is 0.394. The molecule has 0 saturated heterocycles. The monoisotopic (exact) mass is 448 g/mol. The van der Waals surface area contributed by atoms with Crippen molar-refractivity contribution >= 4 is 39.4 Å². The van der Waals surface area contributed by atoms with Crippen molar-refractivity contribution in [3.05, 3.63) is 88.1 Å². The summed E-state index contributed by atoms with van der Waals surface area (Å²) >= 11 is 6.21. The second-order valence-corrected chi connectivity index (χ2v) is 7.76. The van der Waals surface area contributed by atoms with Crippen LogP contribution in [0.2, 0.25) is 5.02 Å². The number of hydrogen-bond acceptors (Lipinski definition) is 5. The second-order valence-electron chi connectivity index (χ2n) is 7.32. The number of halogens is 2. The van der Waals surface area contributed by atoms with E-state index in [9.17, 15) is 9.18 Å². The number of benzene rings is 2. The molecule has 0 radical (unpaired) electrons. The summed E-state index contributed by atoms with van der Waals surface area (Å²) in [6.45, 7) is 1.99. The van der Waals surface area contributed by atoms with Gasteiger partial charge in [-0.05, 0) is 42.1 Å². The van der Waals surface area contributed by atoms with Gasteiger partial charge in [-0.25, -0.2) is 19.3 Å². The molecule has 0 aliphatic heterocycles. The summed E-state index contributed by atoms with van der Waals surface area (Å²) in [5.74, 6) is -0.0302. The summed E-state index contributed by atoms with van der Waals surface area (Å²) in [6.07, 6.45) is 3.61. The van der Waals surface area contributed by atoms with E-state index >= 15 is 0 Å². The van der Waals surface area contributed by atoms with Crippen LogP contribution < -0.4 is 10.9 Å². The topological polar surface area (TPSA) is 88.5 Å². The van der Waals surface area contributed by atoms with Gasteiger partial charge in [0.25, 0.3) is 5.56 Å². The average Bonchev–Trinajstić information content (AvgIpc) is 3.27. The van der Waals surface area contributed by atoms with Gasteiger partial charge in [-0.1, -0.05) is 36.7 Å². The first-order valence-electron chi connectivity index (χ1n) is 10.1. The second kappa shape index (κ2) is 8.05. The smallest absolute Gasteiger partial charge is 0.266 e. The van der Waals surface area contributed by atoms with Crippen LogP contribution in [0.4, 0.5) is 10.2 Å². The molecule has 0 amide bonds. The minimum atomic E-state index is -0.565. The Labute approximate surface area is 186 Å². The molecule has 0 spiro atoms. The van der Waals surface area contributed by atoms with Gasteiger partial charge in [0.05, 0.1) is 23.4 Å². The van der Waals surface area contributed by atoms with Gasteiger partial charge in [0.1, 0.15) is 17.7 Å². The van der Waals surface area contributed by atoms with Gasteiger partial charge < -0.3 is 10.3 Å². The zero-order chi connectivity index (χ0) is 22.2. The number of imidazole rings is 1. The molecule has 1 atom stereocenters. The third-order valence-corrected chi connectivity index (χ3v) is 5.62. The first-order chi connectivity index (χ1) is 15.6. The maximum Gasteiger partial charge on any atom is 0.266 e. The fraction of sp³-hybridized carbons (Fsp3) is 0.130. The summed E-state index contributed by atoms with van der Waals surface area (Å²) < 4.78 is 16.1. The van der Waals surface area contributed by atoms with Gasteiger partial charge >= 0.3 is 0 Å². The van der Waals surface area contributed by atoms with E-state index in [1.807, 2.05) is 13.0 Å². The first-order valence-corrected chi connectivity index (χ1v) is 10.5. The lowest BCUT2D eigenvalue weighted by Gasteiger charge is -2.23. The van der Waals surface area contributed by atoms with Crippen molar-refractivity contribution in [2.45, 2.75) is 19.4 Å². The Morgan fingerprint density at radius 2 is 2.00 bits per heavy atom. The highest BCUT2D eigenvalue weighted by Crippen LogP contribution is 2.29. The Bertz CT molecular complexity index is 1510. The van der Waals surface area contributed by atoms with Crippen molar-refractivity contribution in [2.24, 2.45) is 0 Å². The van der Waals surface area contributed by atoms with E-state index in [0.29, 0.717) is 45.2 Å². The lowest BCUT2D eigenvalue weighted by atomic mass is 10.0. The van der Waals surface area contributed by atoms with Gasteiger partial charge in [0.15, 0.2) is 11.5 Å². The zero-order valence-electron chi connectivity index (χ0n) is 17.0. The Morgan fingerprint density at radius 3 is 2.81 bits per heavy atom. The molecule has 32 heavy (non-hydrogen) atoms. The fourth-order valence-electron chi connectivity index (χ4n) is 3.90. The number of pyridine rings is 1. The van der Waals surface area contributed by atoms with Crippen LogP contribution in [-0.4, -0.2) is 24.5 Å². The van der Waals surface area contributed by atoms with Crippen molar-refractivity contribution in [1.82, 2.24) is 24.5 Å². The molecule has 2 N–H and O–H groups in total. The lowest BCUT2D eigenvalue weighted by molar-refractivity contribution is 0.635. The Balaban J connectivity index is 1.75. The third-order valence-electron chi connectivity index (χ3n) is 5.38. The van der Waals surface area contributed by atoms with Crippen LogP contribution in [0.15, 0.2) is 66.0 Å². The van der Waals surface area contributed by atoms with Crippen LogP contribution in [0, 0.1) is 5.82 Å². The summed E-state index contributed by atoms with van der Waals surface area (Å²) in [5.41, 5.74) is 1.95. The molecule has 9 heteroatoms. The highest BCUT2D eigenvalue weighted by molar-refractivity contribution is 6.30. The minimum absolute atomic E-state index is 0.0304. The van der Waals surface area contributed by atoms with Crippen molar-refractivity contribution in [3.63, 3.8) is 0 Å². The molecule has 0 saturated carbocycles. The summed E-state index contributed by atoms with van der Waals surface area (Å²) in [4.78, 5) is 29.3. The standard InChI is InChI=1S/C23H18ClFN6O/c1-2-17(30-22-20-21(27-11-26-20)28-12-29-22)18-9-13-5-3-8-16(25)19(13)23(32)31(18)15-7-4-6-14(24)10-15/h3-12,17H,2H2,1H3,(H2,26,27,28,29,30). The van der Waals surface area contributed by atoms with Crippen molar-refractivity contribution in [1.29, 1.82) is 0 Å². The summed E-state index contributed by atoms with van der Waals surface area (Å²) in [7, 11) is 0. The molecule has 5 rings (SSSR count). The van der Waals surface area contributed by atoms with Crippen LogP contribution in [-0.2, 0) is 0 Å². The van der Waals surface area contributed by atoms with Crippen LogP contribution in [0.3, 0.4) is 0 Å². The van der Waals surface area contributed by atoms with E-state index in [4.69, 9.17) is 11.6 Å². The summed E-state index contributed by atoms with van der Waals surface area (Å²) in [6, 6.07) is 13.0. The number of anilines is 1. The highest BCUT2D eigenvalue weighted by atomic mass is 35.5. The molecule has 0 bridgehead atoms. The normalized spacial score (nSPS) is 12.3. The Morgan fingerprint density at radius 1 is 1.16 bits per heavy atom. The number of nitrogens with one attached hydrogen (secondary N) is 2. The van der Waals surface area contributed by atoms with Gasteiger partial charge in [-0.3, -0.25) is 9.36 Å². The maximum absolute atomic E-state index is 14.6. The number of aromatic amines is 1. The average molecular weight is 449 g/mol. The van der Waals surface area contributed by atoms with Crippen LogP contribution >= 0.6 is 11.6 Å². The van der Waals surface area contributed by atoms with Gasteiger partial charge in [-0.15, -0.1) is 0 Å². The molecule has 1 unspecified atom stereocenters. The predicted octanol–water partition coefficient (Wildman–Crippen LogP) is 5.01. The molecule has 0 fully saturated rings. The van der Waals surface area contributed by atoms with E-state index in [1.165, 1.54) is 17.0 Å².